The van der Waals surface area contributed by atoms with E-state index in [4.69, 9.17) is 14.7 Å². The number of hydrogen-bond donors (Lipinski definition) is 1. The number of nitrogens with one attached hydrogen (secondary N) is 1. The Labute approximate surface area is 194 Å². The zero-order valence-corrected chi connectivity index (χ0v) is 19.6. The van der Waals surface area contributed by atoms with E-state index in [1.54, 1.807) is 0 Å². The first-order chi connectivity index (χ1) is 15.6. The van der Waals surface area contributed by atoms with Crippen molar-refractivity contribution in [1.29, 1.82) is 0 Å². The van der Waals surface area contributed by atoms with Gasteiger partial charge in [0.2, 0.25) is 0 Å². The van der Waals surface area contributed by atoms with Gasteiger partial charge < -0.3 is 15.0 Å². The molecule has 0 radical (unpaired) electrons. The first kappa shape index (κ1) is 21.3. The van der Waals surface area contributed by atoms with Gasteiger partial charge in [0.25, 0.3) is 0 Å². The molecule has 1 saturated heterocycles. The number of nitrogens with zero attached hydrogens (tertiary/aromatic N) is 3. The molecule has 5 rings (SSSR count). The molecule has 0 amide bonds. The van der Waals surface area contributed by atoms with Crippen molar-refractivity contribution in [3.8, 4) is 11.4 Å². The molecule has 2 fully saturated rings. The fourth-order valence-electron chi connectivity index (χ4n) is 4.28. The van der Waals surface area contributed by atoms with Crippen molar-refractivity contribution in [2.45, 2.75) is 35.8 Å². The number of morpholine rings is 1. The number of thioether (sulfide) groups is 1. The zero-order chi connectivity index (χ0) is 22.0. The Bertz CT molecular complexity index is 1060. The second-order valence-electron chi connectivity index (χ2n) is 8.62. The Kier molecular flexibility index (Phi) is 6.07. The number of hydrogen-bond acceptors (Lipinski definition) is 6. The van der Waals surface area contributed by atoms with E-state index < -0.39 is 0 Å². The van der Waals surface area contributed by atoms with Crippen LogP contribution in [0.4, 0.5) is 11.5 Å². The van der Waals surface area contributed by atoms with Crippen molar-refractivity contribution < 1.29 is 4.74 Å². The Morgan fingerprint density at radius 1 is 0.969 bits per heavy atom. The van der Waals surface area contributed by atoms with Gasteiger partial charge in [-0.1, -0.05) is 17.7 Å². The SMILES string of the molecule is CNc1ccc(-c2nc(N3CCOCC3)cc(C3(Sc4ccc(C)cc4)CCC3)n2)cc1. The topological polar surface area (TPSA) is 50.3 Å². The molecule has 166 valence electrons. The number of anilines is 2. The molecule has 0 unspecified atom stereocenters. The van der Waals surface area contributed by atoms with E-state index in [2.05, 4.69) is 71.7 Å². The maximum Gasteiger partial charge on any atom is 0.161 e. The third-order valence-corrected chi connectivity index (χ3v) is 7.96. The highest BCUT2D eigenvalue weighted by Crippen LogP contribution is 2.55. The molecule has 0 atom stereocenters. The van der Waals surface area contributed by atoms with Crippen molar-refractivity contribution in [1.82, 2.24) is 9.97 Å². The summed E-state index contributed by atoms with van der Waals surface area (Å²) < 4.78 is 5.60. The van der Waals surface area contributed by atoms with E-state index in [9.17, 15) is 0 Å². The van der Waals surface area contributed by atoms with Crippen molar-refractivity contribution in [2.24, 2.45) is 0 Å². The second-order valence-corrected chi connectivity index (χ2v) is 10.1. The highest BCUT2D eigenvalue weighted by atomic mass is 32.2. The molecule has 5 nitrogen and oxygen atoms in total. The highest BCUT2D eigenvalue weighted by molar-refractivity contribution is 8.00. The summed E-state index contributed by atoms with van der Waals surface area (Å²) in [7, 11) is 1.94. The average Bonchev–Trinajstić information content (AvgIpc) is 2.83. The Balaban J connectivity index is 1.55. The lowest BCUT2D eigenvalue weighted by atomic mass is 9.81. The van der Waals surface area contributed by atoms with Crippen LogP contribution in [0, 0.1) is 6.92 Å². The van der Waals surface area contributed by atoms with Crippen molar-refractivity contribution >= 4 is 23.3 Å². The van der Waals surface area contributed by atoms with Gasteiger partial charge in [0, 0.05) is 42.3 Å². The maximum absolute atomic E-state index is 5.58. The maximum atomic E-state index is 5.58. The molecule has 1 N–H and O–H groups in total. The summed E-state index contributed by atoms with van der Waals surface area (Å²) in [5, 5.41) is 3.19. The molecule has 0 bridgehead atoms. The summed E-state index contributed by atoms with van der Waals surface area (Å²) >= 11 is 1.96. The van der Waals surface area contributed by atoms with Gasteiger partial charge in [-0.05, 0) is 62.6 Å². The molecule has 3 aromatic rings. The van der Waals surface area contributed by atoms with Crippen LogP contribution in [0.15, 0.2) is 59.5 Å². The molecule has 0 spiro atoms. The van der Waals surface area contributed by atoms with Gasteiger partial charge in [0.05, 0.1) is 23.7 Å². The van der Waals surface area contributed by atoms with Crippen molar-refractivity contribution in [2.75, 3.05) is 43.6 Å². The number of rotatable bonds is 6. The van der Waals surface area contributed by atoms with Gasteiger partial charge in [-0.3, -0.25) is 0 Å². The third kappa shape index (κ3) is 4.34. The molecular weight excluding hydrogens is 416 g/mol. The highest BCUT2D eigenvalue weighted by Gasteiger charge is 2.42. The van der Waals surface area contributed by atoms with Gasteiger partial charge in [0.1, 0.15) is 5.82 Å². The first-order valence-corrected chi connectivity index (χ1v) is 12.2. The van der Waals surface area contributed by atoms with Crippen LogP contribution in [-0.2, 0) is 9.48 Å². The molecular formula is C26H30N4OS. The quantitative estimate of drug-likeness (QED) is 0.539. The normalized spacial score (nSPS) is 17.6. The molecule has 1 aromatic heterocycles. The van der Waals surface area contributed by atoms with E-state index in [0.29, 0.717) is 0 Å². The van der Waals surface area contributed by atoms with E-state index >= 15 is 0 Å². The van der Waals surface area contributed by atoms with E-state index in [1.165, 1.54) is 16.9 Å². The lowest BCUT2D eigenvalue weighted by Crippen LogP contribution is -2.38. The fourth-order valence-corrected chi connectivity index (χ4v) is 5.70. The predicted octanol–water partition coefficient (Wildman–Crippen LogP) is 5.50. The molecule has 1 saturated carbocycles. The summed E-state index contributed by atoms with van der Waals surface area (Å²) in [5.74, 6) is 1.82. The van der Waals surface area contributed by atoms with Crippen LogP contribution in [0.3, 0.4) is 0 Å². The summed E-state index contributed by atoms with van der Waals surface area (Å²) in [6.07, 6.45) is 3.52. The molecule has 2 heterocycles. The molecule has 32 heavy (non-hydrogen) atoms. The lowest BCUT2D eigenvalue weighted by Gasteiger charge is -2.41. The number of benzene rings is 2. The van der Waals surface area contributed by atoms with Crippen LogP contribution < -0.4 is 10.2 Å². The molecule has 2 aromatic carbocycles. The predicted molar refractivity (Wildman–Crippen MR) is 133 cm³/mol. The van der Waals surface area contributed by atoms with E-state index in [1.807, 2.05) is 18.8 Å². The fraction of sp³-hybridized carbons (Fsp3) is 0.385. The van der Waals surface area contributed by atoms with Crippen LogP contribution >= 0.6 is 11.8 Å². The third-order valence-electron chi connectivity index (χ3n) is 6.44. The lowest BCUT2D eigenvalue weighted by molar-refractivity contribution is 0.122. The standard InChI is InChI=1S/C26H30N4OS/c1-19-4-10-22(11-5-19)32-26(12-3-13-26)23-18-24(30-14-16-31-17-15-30)29-25(28-23)20-6-8-21(27-2)9-7-20/h4-11,18,27H,3,12-17H2,1-2H3. The zero-order valence-electron chi connectivity index (χ0n) is 18.8. The minimum Gasteiger partial charge on any atom is -0.388 e. The van der Waals surface area contributed by atoms with Gasteiger partial charge in [0.15, 0.2) is 5.82 Å². The Morgan fingerprint density at radius 3 is 2.31 bits per heavy atom. The number of ether oxygens (including phenoxy) is 1. The molecule has 1 aliphatic heterocycles. The van der Waals surface area contributed by atoms with Crippen LogP contribution in [0.1, 0.15) is 30.5 Å². The minimum atomic E-state index is 0.0128. The van der Waals surface area contributed by atoms with Crippen molar-refractivity contribution in [3.63, 3.8) is 0 Å². The van der Waals surface area contributed by atoms with E-state index in [0.717, 1.165) is 67.7 Å². The molecule has 2 aliphatic rings. The Morgan fingerprint density at radius 2 is 1.69 bits per heavy atom. The molecule has 1 aliphatic carbocycles. The molecule has 6 heteroatoms. The summed E-state index contributed by atoms with van der Waals surface area (Å²) in [4.78, 5) is 13.8. The largest absolute Gasteiger partial charge is 0.388 e. The van der Waals surface area contributed by atoms with Crippen LogP contribution in [0.2, 0.25) is 0 Å². The average molecular weight is 447 g/mol. The van der Waals surface area contributed by atoms with Gasteiger partial charge >= 0.3 is 0 Å². The van der Waals surface area contributed by atoms with Gasteiger partial charge in [-0.15, -0.1) is 11.8 Å². The number of aromatic nitrogens is 2. The Hall–Kier alpha value is -2.57. The minimum absolute atomic E-state index is 0.0128. The monoisotopic (exact) mass is 446 g/mol. The van der Waals surface area contributed by atoms with E-state index in [-0.39, 0.29) is 4.75 Å². The smallest absolute Gasteiger partial charge is 0.161 e. The summed E-state index contributed by atoms with van der Waals surface area (Å²) in [6, 6.07) is 19.5. The van der Waals surface area contributed by atoms with Gasteiger partial charge in [-0.25, -0.2) is 9.97 Å². The van der Waals surface area contributed by atoms with Crippen LogP contribution in [0.5, 0.6) is 0 Å². The van der Waals surface area contributed by atoms with Crippen molar-refractivity contribution in [3.05, 3.63) is 65.9 Å². The van der Waals surface area contributed by atoms with Crippen LogP contribution in [-0.4, -0.2) is 43.3 Å². The number of aryl methyl sites for hydroxylation is 1. The van der Waals surface area contributed by atoms with Crippen LogP contribution in [0.25, 0.3) is 11.4 Å². The first-order valence-electron chi connectivity index (χ1n) is 11.4. The second kappa shape index (κ2) is 9.12. The summed E-state index contributed by atoms with van der Waals surface area (Å²) in [6.45, 7) is 5.36. The summed E-state index contributed by atoms with van der Waals surface area (Å²) in [5.41, 5.74) is 4.58. The van der Waals surface area contributed by atoms with Gasteiger partial charge in [-0.2, -0.15) is 0 Å².